The van der Waals surface area contributed by atoms with Gasteiger partial charge in [0.05, 0.1) is 5.69 Å². The highest BCUT2D eigenvalue weighted by atomic mass is 79.9. The van der Waals surface area contributed by atoms with E-state index in [9.17, 15) is 4.39 Å². The summed E-state index contributed by atoms with van der Waals surface area (Å²) in [6.45, 7) is 3.42. The van der Waals surface area contributed by atoms with Crippen LogP contribution in [0, 0.1) is 11.7 Å². The summed E-state index contributed by atoms with van der Waals surface area (Å²) in [7, 11) is 0. The predicted octanol–water partition coefficient (Wildman–Crippen LogP) is 2.59. The third-order valence-corrected chi connectivity index (χ3v) is 2.66. The van der Waals surface area contributed by atoms with Crippen molar-refractivity contribution in [2.24, 2.45) is 11.7 Å². The second-order valence-electron chi connectivity index (χ2n) is 3.35. The zero-order valence-electron chi connectivity index (χ0n) is 8.06. The number of rotatable bonds is 4. The third-order valence-electron chi connectivity index (χ3n) is 1.97. The van der Waals surface area contributed by atoms with Crippen molar-refractivity contribution in [2.75, 3.05) is 18.4 Å². The molecule has 78 valence electrons. The Kier molecular flexibility index (Phi) is 4.35. The maximum Gasteiger partial charge on any atom is 0.125 e. The quantitative estimate of drug-likeness (QED) is 0.874. The lowest BCUT2D eigenvalue weighted by molar-refractivity contribution is 0.620. The van der Waals surface area contributed by atoms with Gasteiger partial charge in [-0.2, -0.15) is 0 Å². The van der Waals surface area contributed by atoms with Gasteiger partial charge in [0.1, 0.15) is 5.82 Å². The van der Waals surface area contributed by atoms with Gasteiger partial charge in [0.2, 0.25) is 0 Å². The lowest BCUT2D eigenvalue weighted by atomic mass is 10.2. The van der Waals surface area contributed by atoms with Gasteiger partial charge in [-0.3, -0.25) is 0 Å². The number of hydrogen-bond donors (Lipinski definition) is 2. The summed E-state index contributed by atoms with van der Waals surface area (Å²) in [4.78, 5) is 0. The van der Waals surface area contributed by atoms with Crippen molar-refractivity contribution in [2.45, 2.75) is 6.92 Å². The molecule has 0 saturated heterocycles. The molecule has 0 saturated carbocycles. The molecule has 0 radical (unpaired) electrons. The van der Waals surface area contributed by atoms with E-state index in [0.717, 1.165) is 16.7 Å². The van der Waals surface area contributed by atoms with Crippen LogP contribution in [-0.2, 0) is 0 Å². The Hall–Kier alpha value is -0.610. The van der Waals surface area contributed by atoms with E-state index >= 15 is 0 Å². The molecule has 0 aliphatic carbocycles. The van der Waals surface area contributed by atoms with Gasteiger partial charge in [0, 0.05) is 11.0 Å². The van der Waals surface area contributed by atoms with Crippen LogP contribution < -0.4 is 11.1 Å². The number of anilines is 1. The fourth-order valence-corrected chi connectivity index (χ4v) is 1.39. The molecule has 1 unspecified atom stereocenters. The Morgan fingerprint density at radius 3 is 2.93 bits per heavy atom. The molecule has 0 bridgehead atoms. The molecule has 0 amide bonds. The van der Waals surface area contributed by atoms with Crippen LogP contribution in [-0.4, -0.2) is 13.1 Å². The minimum atomic E-state index is -0.240. The minimum absolute atomic E-state index is 0.240. The monoisotopic (exact) mass is 260 g/mol. The van der Waals surface area contributed by atoms with Crippen LogP contribution in [0.5, 0.6) is 0 Å². The zero-order valence-corrected chi connectivity index (χ0v) is 9.64. The lowest BCUT2D eigenvalue weighted by Crippen LogP contribution is -2.19. The van der Waals surface area contributed by atoms with Gasteiger partial charge in [-0.1, -0.05) is 6.92 Å². The molecular formula is C10H14BrFN2. The van der Waals surface area contributed by atoms with Gasteiger partial charge in [-0.15, -0.1) is 0 Å². The molecule has 1 atom stereocenters. The van der Waals surface area contributed by atoms with Crippen LogP contribution in [0.2, 0.25) is 0 Å². The van der Waals surface area contributed by atoms with Crippen molar-refractivity contribution in [1.82, 2.24) is 0 Å². The average molecular weight is 261 g/mol. The van der Waals surface area contributed by atoms with E-state index in [0.29, 0.717) is 12.5 Å². The van der Waals surface area contributed by atoms with Gasteiger partial charge in [0.15, 0.2) is 0 Å². The SMILES string of the molecule is CC(CN)CNc1cc(F)ccc1Br. The third kappa shape index (κ3) is 3.27. The summed E-state index contributed by atoms with van der Waals surface area (Å²) in [6.07, 6.45) is 0. The number of nitrogens with two attached hydrogens (primary N) is 1. The summed E-state index contributed by atoms with van der Waals surface area (Å²) in [5.74, 6) is 0.140. The van der Waals surface area contributed by atoms with Crippen molar-refractivity contribution < 1.29 is 4.39 Å². The van der Waals surface area contributed by atoms with Gasteiger partial charge in [0.25, 0.3) is 0 Å². The Balaban J connectivity index is 2.62. The van der Waals surface area contributed by atoms with Crippen LogP contribution in [0.3, 0.4) is 0 Å². The molecule has 1 aromatic rings. The molecule has 0 spiro atoms. The number of halogens is 2. The number of benzene rings is 1. The van der Waals surface area contributed by atoms with E-state index in [4.69, 9.17) is 5.73 Å². The Labute approximate surface area is 91.8 Å². The first-order valence-corrected chi connectivity index (χ1v) is 5.31. The average Bonchev–Trinajstić information content (AvgIpc) is 2.19. The summed E-state index contributed by atoms with van der Waals surface area (Å²) in [5, 5.41) is 3.14. The maximum absolute atomic E-state index is 12.9. The summed E-state index contributed by atoms with van der Waals surface area (Å²) in [6, 6.07) is 4.57. The first-order valence-electron chi connectivity index (χ1n) is 4.52. The fraction of sp³-hybridized carbons (Fsp3) is 0.400. The number of hydrogen-bond acceptors (Lipinski definition) is 2. The van der Waals surface area contributed by atoms with E-state index in [1.54, 1.807) is 6.07 Å². The first kappa shape index (κ1) is 11.5. The van der Waals surface area contributed by atoms with E-state index < -0.39 is 0 Å². The standard InChI is InChI=1S/C10H14BrFN2/c1-7(5-13)6-14-10-4-8(12)2-3-9(10)11/h2-4,7,14H,5-6,13H2,1H3. The predicted molar refractivity (Wildman–Crippen MR) is 60.8 cm³/mol. The first-order chi connectivity index (χ1) is 6.63. The van der Waals surface area contributed by atoms with Gasteiger partial charge < -0.3 is 11.1 Å². The van der Waals surface area contributed by atoms with Crippen LogP contribution in [0.1, 0.15) is 6.92 Å². The van der Waals surface area contributed by atoms with Crippen LogP contribution in [0.15, 0.2) is 22.7 Å². The molecule has 1 aromatic carbocycles. The van der Waals surface area contributed by atoms with Gasteiger partial charge in [-0.25, -0.2) is 4.39 Å². The van der Waals surface area contributed by atoms with E-state index in [-0.39, 0.29) is 5.82 Å². The minimum Gasteiger partial charge on any atom is -0.384 e. The Morgan fingerprint density at radius 1 is 1.57 bits per heavy atom. The van der Waals surface area contributed by atoms with Gasteiger partial charge in [-0.05, 0) is 46.6 Å². The molecule has 0 aliphatic heterocycles. The molecule has 14 heavy (non-hydrogen) atoms. The zero-order chi connectivity index (χ0) is 10.6. The molecule has 0 aromatic heterocycles. The molecule has 1 rings (SSSR count). The molecule has 2 nitrogen and oxygen atoms in total. The van der Waals surface area contributed by atoms with Crippen molar-refractivity contribution in [1.29, 1.82) is 0 Å². The normalized spacial score (nSPS) is 12.6. The van der Waals surface area contributed by atoms with Crippen molar-refractivity contribution >= 4 is 21.6 Å². The summed E-state index contributed by atoms with van der Waals surface area (Å²) < 4.78 is 13.7. The van der Waals surface area contributed by atoms with Crippen molar-refractivity contribution in [3.63, 3.8) is 0 Å². The number of nitrogens with one attached hydrogen (secondary N) is 1. The van der Waals surface area contributed by atoms with Gasteiger partial charge >= 0.3 is 0 Å². The fourth-order valence-electron chi connectivity index (χ4n) is 1.00. The topological polar surface area (TPSA) is 38.0 Å². The summed E-state index contributed by atoms with van der Waals surface area (Å²) in [5.41, 5.74) is 6.25. The van der Waals surface area contributed by atoms with E-state index in [1.807, 2.05) is 6.92 Å². The molecule has 0 fully saturated rings. The van der Waals surface area contributed by atoms with Crippen LogP contribution >= 0.6 is 15.9 Å². The van der Waals surface area contributed by atoms with Crippen molar-refractivity contribution in [3.05, 3.63) is 28.5 Å². The molecule has 0 aliphatic rings. The molecular weight excluding hydrogens is 247 g/mol. The smallest absolute Gasteiger partial charge is 0.125 e. The largest absolute Gasteiger partial charge is 0.384 e. The molecule has 4 heteroatoms. The van der Waals surface area contributed by atoms with E-state index in [2.05, 4.69) is 21.2 Å². The lowest BCUT2D eigenvalue weighted by Gasteiger charge is -2.12. The summed E-state index contributed by atoms with van der Waals surface area (Å²) >= 11 is 3.34. The Bertz CT molecular complexity index is 304. The van der Waals surface area contributed by atoms with Crippen LogP contribution in [0.25, 0.3) is 0 Å². The molecule has 0 heterocycles. The second kappa shape index (κ2) is 5.32. The van der Waals surface area contributed by atoms with Crippen molar-refractivity contribution in [3.8, 4) is 0 Å². The van der Waals surface area contributed by atoms with E-state index in [1.165, 1.54) is 12.1 Å². The highest BCUT2D eigenvalue weighted by molar-refractivity contribution is 9.10. The Morgan fingerprint density at radius 2 is 2.29 bits per heavy atom. The maximum atomic E-state index is 12.9. The highest BCUT2D eigenvalue weighted by Gasteiger charge is 2.03. The van der Waals surface area contributed by atoms with Crippen LogP contribution in [0.4, 0.5) is 10.1 Å². The highest BCUT2D eigenvalue weighted by Crippen LogP contribution is 2.23. The molecule has 3 N–H and O–H groups in total. The second-order valence-corrected chi connectivity index (χ2v) is 4.20.